The van der Waals surface area contributed by atoms with Gasteiger partial charge in [0.2, 0.25) is 0 Å². The lowest BCUT2D eigenvalue weighted by molar-refractivity contribution is 0.534. The van der Waals surface area contributed by atoms with Gasteiger partial charge in [0.05, 0.1) is 22.8 Å². The van der Waals surface area contributed by atoms with E-state index >= 15 is 0 Å². The quantitative estimate of drug-likeness (QED) is 0.191. The lowest BCUT2D eigenvalue weighted by atomic mass is 9.80. The van der Waals surface area contributed by atoms with Gasteiger partial charge in [-0.05, 0) is 54.1 Å². The number of rotatable bonds is 8. The van der Waals surface area contributed by atoms with Gasteiger partial charge < -0.3 is 21.3 Å². The maximum absolute atomic E-state index is 6.83. The van der Waals surface area contributed by atoms with Crippen molar-refractivity contribution < 1.29 is 0 Å². The summed E-state index contributed by atoms with van der Waals surface area (Å²) in [7, 11) is 0. The molecule has 6 aromatic rings. The third-order valence-corrected chi connectivity index (χ3v) is 8.98. The summed E-state index contributed by atoms with van der Waals surface area (Å²) in [6.07, 6.45) is 0. The minimum Gasteiger partial charge on any atom is -0.397 e. The number of para-hydroxylation sites is 2. The molecule has 0 bridgehead atoms. The van der Waals surface area contributed by atoms with Crippen molar-refractivity contribution >= 4 is 44.3 Å². The fourth-order valence-electron chi connectivity index (χ4n) is 6.62. The van der Waals surface area contributed by atoms with Crippen molar-refractivity contribution in [3.8, 4) is 0 Å². The highest BCUT2D eigenvalue weighted by atomic mass is 15.2. The number of benzene rings is 6. The Morgan fingerprint density at radius 1 is 0.477 bits per heavy atom. The lowest BCUT2D eigenvalue weighted by Gasteiger charge is -2.43. The zero-order valence-corrected chi connectivity index (χ0v) is 25.1. The molecule has 0 fully saturated rings. The molecule has 0 radical (unpaired) electrons. The van der Waals surface area contributed by atoms with Gasteiger partial charge in [-0.25, -0.2) is 0 Å². The summed E-state index contributed by atoms with van der Waals surface area (Å²) >= 11 is 0. The van der Waals surface area contributed by atoms with Crippen LogP contribution in [0.25, 0.3) is 21.5 Å². The Balaban J connectivity index is 1.35. The highest BCUT2D eigenvalue weighted by Gasteiger charge is 2.38. The van der Waals surface area contributed by atoms with E-state index in [9.17, 15) is 0 Å². The summed E-state index contributed by atoms with van der Waals surface area (Å²) in [5.74, 6) is 0.0395. The van der Waals surface area contributed by atoms with Crippen molar-refractivity contribution in [3.05, 3.63) is 168 Å². The molecule has 0 saturated carbocycles. The number of nitrogens with two attached hydrogens (primary N) is 2. The van der Waals surface area contributed by atoms with Crippen LogP contribution in [0, 0.1) is 5.92 Å². The fraction of sp³-hybridized carbons (Fsp3) is 0.100. The van der Waals surface area contributed by atoms with E-state index in [2.05, 4.69) is 163 Å². The van der Waals surface area contributed by atoms with Crippen LogP contribution in [0.3, 0.4) is 0 Å². The summed E-state index contributed by atoms with van der Waals surface area (Å²) < 4.78 is 0. The lowest BCUT2D eigenvalue weighted by Crippen LogP contribution is -2.42. The average Bonchev–Trinajstić information content (AvgIpc) is 3.09. The third kappa shape index (κ3) is 4.56. The largest absolute Gasteiger partial charge is 0.397 e. The van der Waals surface area contributed by atoms with Gasteiger partial charge in [-0.3, -0.25) is 0 Å². The van der Waals surface area contributed by atoms with Gasteiger partial charge >= 0.3 is 0 Å². The molecule has 0 saturated heterocycles. The van der Waals surface area contributed by atoms with Crippen LogP contribution >= 0.6 is 0 Å². The van der Waals surface area contributed by atoms with Crippen LogP contribution in [0.4, 0.5) is 22.7 Å². The predicted molar refractivity (Wildman–Crippen MR) is 186 cm³/mol. The van der Waals surface area contributed by atoms with E-state index in [-0.39, 0.29) is 12.0 Å². The highest BCUT2D eigenvalue weighted by Crippen LogP contribution is 2.47. The van der Waals surface area contributed by atoms with Crippen molar-refractivity contribution in [2.45, 2.75) is 19.9 Å². The third-order valence-electron chi connectivity index (χ3n) is 8.98. The van der Waals surface area contributed by atoms with E-state index in [1.54, 1.807) is 0 Å². The molecule has 7 rings (SSSR count). The molecule has 4 N–H and O–H groups in total. The van der Waals surface area contributed by atoms with Crippen molar-refractivity contribution in [1.82, 2.24) is 0 Å². The van der Waals surface area contributed by atoms with E-state index in [4.69, 9.17) is 11.5 Å². The summed E-state index contributed by atoms with van der Waals surface area (Å²) in [6, 6.07) is 51.2. The molecule has 44 heavy (non-hydrogen) atoms. The molecule has 216 valence electrons. The smallest absolute Gasteiger partial charge is 0.0800 e. The summed E-state index contributed by atoms with van der Waals surface area (Å²) in [6.45, 7) is 4.56. The summed E-state index contributed by atoms with van der Waals surface area (Å²) in [4.78, 5) is 4.74. The first kappa shape index (κ1) is 27.4. The maximum Gasteiger partial charge on any atom is 0.0800 e. The molecule has 1 aliphatic rings. The molecular formula is C40H36N4. The summed E-state index contributed by atoms with van der Waals surface area (Å²) in [5.41, 5.74) is 21.4. The molecule has 4 heteroatoms. The SMILES string of the molecule is C[C@@H](C1=C(N)C(N)=C1N(c1ccccc1)c1cccc2ccccc12)[C@H](C)N(c1ccccc1)c1cccc2ccccc12. The molecule has 0 amide bonds. The van der Waals surface area contributed by atoms with Crippen LogP contribution in [0.1, 0.15) is 13.8 Å². The van der Waals surface area contributed by atoms with Gasteiger partial charge in [0.15, 0.2) is 0 Å². The van der Waals surface area contributed by atoms with Crippen LogP contribution in [-0.4, -0.2) is 6.04 Å². The molecular weight excluding hydrogens is 536 g/mol. The van der Waals surface area contributed by atoms with Crippen LogP contribution in [0.2, 0.25) is 0 Å². The Hall–Kier alpha value is -5.48. The first-order chi connectivity index (χ1) is 21.5. The van der Waals surface area contributed by atoms with Crippen LogP contribution in [0.5, 0.6) is 0 Å². The molecule has 0 spiro atoms. The zero-order valence-electron chi connectivity index (χ0n) is 25.1. The van der Waals surface area contributed by atoms with Crippen molar-refractivity contribution in [1.29, 1.82) is 0 Å². The number of nitrogens with zero attached hydrogens (tertiary/aromatic N) is 2. The van der Waals surface area contributed by atoms with Gasteiger partial charge in [-0.2, -0.15) is 0 Å². The van der Waals surface area contributed by atoms with Gasteiger partial charge in [0.25, 0.3) is 0 Å². The van der Waals surface area contributed by atoms with Crippen molar-refractivity contribution in [2.24, 2.45) is 17.4 Å². The second-order valence-corrected chi connectivity index (χ2v) is 11.5. The Bertz CT molecular complexity index is 2020. The molecule has 1 aliphatic carbocycles. The van der Waals surface area contributed by atoms with Gasteiger partial charge in [0, 0.05) is 45.4 Å². The van der Waals surface area contributed by atoms with E-state index in [0.717, 1.165) is 33.7 Å². The highest BCUT2D eigenvalue weighted by molar-refractivity contribution is 5.99. The molecule has 2 atom stereocenters. The Morgan fingerprint density at radius 2 is 0.955 bits per heavy atom. The molecule has 6 aromatic carbocycles. The fourth-order valence-corrected chi connectivity index (χ4v) is 6.62. The minimum atomic E-state index is 0.0395. The Morgan fingerprint density at radius 3 is 1.57 bits per heavy atom. The zero-order chi connectivity index (χ0) is 30.2. The normalized spacial score (nSPS) is 14.4. The summed E-state index contributed by atoms with van der Waals surface area (Å²) in [5, 5.41) is 4.76. The second kappa shape index (κ2) is 11.3. The Labute approximate surface area is 259 Å². The number of hydrogen-bond donors (Lipinski definition) is 2. The van der Waals surface area contributed by atoms with E-state index < -0.39 is 0 Å². The minimum absolute atomic E-state index is 0.0395. The second-order valence-electron chi connectivity index (χ2n) is 11.5. The van der Waals surface area contributed by atoms with Crippen molar-refractivity contribution in [3.63, 3.8) is 0 Å². The molecule has 0 aromatic heterocycles. The molecule has 0 unspecified atom stereocenters. The van der Waals surface area contributed by atoms with Crippen LogP contribution in [-0.2, 0) is 0 Å². The topological polar surface area (TPSA) is 58.5 Å². The number of allylic oxidation sites excluding steroid dienone is 1. The monoisotopic (exact) mass is 572 g/mol. The predicted octanol–water partition coefficient (Wildman–Crippen LogP) is 9.39. The van der Waals surface area contributed by atoms with Gasteiger partial charge in [-0.15, -0.1) is 0 Å². The number of fused-ring (bicyclic) bond motifs is 2. The average molecular weight is 573 g/mol. The van der Waals surface area contributed by atoms with Crippen LogP contribution in [0.15, 0.2) is 168 Å². The molecule has 0 heterocycles. The van der Waals surface area contributed by atoms with Crippen molar-refractivity contribution in [2.75, 3.05) is 9.80 Å². The maximum atomic E-state index is 6.83. The van der Waals surface area contributed by atoms with Gasteiger partial charge in [0.1, 0.15) is 0 Å². The molecule has 4 nitrogen and oxygen atoms in total. The standard InChI is InChI=1S/C40H36N4/c1-27(28(2)43(31-19-5-3-6-20-31)35-25-13-17-29-15-9-11-23-33(29)35)37-38(41)39(42)40(37)44(32-21-7-4-8-22-32)36-26-14-18-30-16-10-12-24-34(30)36/h3-28H,41-42H2,1-2H3/t27-,28+/m1/s1. The van der Waals surface area contributed by atoms with E-state index in [0.29, 0.717) is 11.4 Å². The first-order valence-electron chi connectivity index (χ1n) is 15.2. The van der Waals surface area contributed by atoms with E-state index in [1.807, 2.05) is 6.07 Å². The van der Waals surface area contributed by atoms with E-state index in [1.165, 1.54) is 21.8 Å². The van der Waals surface area contributed by atoms with Crippen LogP contribution < -0.4 is 21.3 Å². The Kier molecular flexibility index (Phi) is 7.03. The van der Waals surface area contributed by atoms with Gasteiger partial charge in [-0.1, -0.05) is 116 Å². The number of hydrogen-bond acceptors (Lipinski definition) is 4. The number of anilines is 4. The molecule has 0 aliphatic heterocycles. The first-order valence-corrected chi connectivity index (χ1v) is 15.2.